The molecule has 0 aliphatic rings. The number of fused-ring (bicyclic) bond motifs is 1. The summed E-state index contributed by atoms with van der Waals surface area (Å²) in [7, 11) is 0. The molecule has 0 spiro atoms. The molecule has 0 fully saturated rings. The van der Waals surface area contributed by atoms with Crippen LogP contribution in [-0.2, 0) is 0 Å². The maximum atomic E-state index is 15.2. The Kier molecular flexibility index (Phi) is 7.40. The lowest BCUT2D eigenvalue weighted by atomic mass is 9.96. The van der Waals surface area contributed by atoms with Crippen molar-refractivity contribution < 1.29 is 61.8 Å². The van der Waals surface area contributed by atoms with Gasteiger partial charge in [0.25, 0.3) is 0 Å². The van der Waals surface area contributed by atoms with Gasteiger partial charge < -0.3 is 4.74 Å². The first-order chi connectivity index (χ1) is 18.1. The van der Waals surface area contributed by atoms with Gasteiger partial charge in [-0.2, -0.15) is 8.78 Å². The molecule has 0 aliphatic carbocycles. The minimum Gasteiger partial charge on any atom is -0.399 e. The highest BCUT2D eigenvalue weighted by atomic mass is 32.2. The summed E-state index contributed by atoms with van der Waals surface area (Å²) in [4.78, 5) is -3.50. The number of hydrogen-bond acceptors (Lipinski definition) is 3. The van der Waals surface area contributed by atoms with Crippen LogP contribution >= 0.6 is 24.4 Å². The minimum atomic E-state index is -5.83. The zero-order chi connectivity index (χ0) is 29.1. The summed E-state index contributed by atoms with van der Waals surface area (Å²) in [5.41, 5.74) is -1.61. The number of thiol groups is 1. The van der Waals surface area contributed by atoms with E-state index in [0.717, 1.165) is 12.1 Å². The average molecular weight is 608 g/mol. The van der Waals surface area contributed by atoms with Crippen molar-refractivity contribution in [1.29, 1.82) is 0 Å². The fraction of sp³-hybridized carbons (Fsp3) is 0.0435. The van der Waals surface area contributed by atoms with Crippen LogP contribution in [0.3, 0.4) is 0 Å². The molecule has 4 rings (SSSR count). The maximum absolute atomic E-state index is 15.2. The van der Waals surface area contributed by atoms with Crippen molar-refractivity contribution >= 4 is 35.2 Å². The van der Waals surface area contributed by atoms with E-state index in [9.17, 15) is 48.3 Å². The van der Waals surface area contributed by atoms with E-state index in [4.69, 9.17) is 0 Å². The third-order valence-corrected chi connectivity index (χ3v) is 6.56. The topological polar surface area (TPSA) is 9.23 Å². The Hall–Kier alpha value is -3.27. The molecule has 0 bridgehead atoms. The van der Waals surface area contributed by atoms with E-state index in [1.165, 1.54) is 12.1 Å². The Morgan fingerprint density at radius 2 is 1.00 bits per heavy atom. The Morgan fingerprint density at radius 1 is 0.538 bits per heavy atom. The molecule has 0 saturated heterocycles. The molecule has 0 saturated carbocycles. The highest BCUT2D eigenvalue weighted by Gasteiger charge is 2.38. The van der Waals surface area contributed by atoms with Gasteiger partial charge in [-0.3, -0.25) is 0 Å². The Labute approximate surface area is 217 Å². The van der Waals surface area contributed by atoms with Crippen molar-refractivity contribution in [3.63, 3.8) is 0 Å². The maximum Gasteiger partial charge on any atom is 0.573 e. The van der Waals surface area contributed by atoms with E-state index in [1.807, 2.05) is 0 Å². The van der Waals surface area contributed by atoms with Gasteiger partial charge in [0.15, 0.2) is 46.5 Å². The van der Waals surface area contributed by atoms with E-state index in [1.54, 1.807) is 0 Å². The summed E-state index contributed by atoms with van der Waals surface area (Å²) >= 11 is 3.07. The Balaban J connectivity index is 2.09. The lowest BCUT2D eigenvalue weighted by molar-refractivity contribution is -0.276. The van der Waals surface area contributed by atoms with Crippen molar-refractivity contribution in [2.24, 2.45) is 0 Å². The van der Waals surface area contributed by atoms with Crippen LogP contribution in [0.1, 0.15) is 0 Å². The summed E-state index contributed by atoms with van der Waals surface area (Å²) in [6.45, 7) is 0. The monoisotopic (exact) mass is 608 g/mol. The molecule has 0 atom stereocenters. The second kappa shape index (κ2) is 10.0. The first-order valence-electron chi connectivity index (χ1n) is 9.82. The van der Waals surface area contributed by atoms with Crippen LogP contribution in [0, 0.1) is 58.2 Å². The van der Waals surface area contributed by atoms with Gasteiger partial charge in [-0.15, -0.1) is 25.8 Å². The molecular weight excluding hydrogens is 603 g/mol. The van der Waals surface area contributed by atoms with Crippen molar-refractivity contribution in [1.82, 2.24) is 0 Å². The second-order valence-electron chi connectivity index (χ2n) is 7.45. The van der Waals surface area contributed by atoms with Crippen LogP contribution in [0.15, 0.2) is 39.0 Å². The molecule has 0 aliphatic heterocycles. The SMILES string of the molecule is Fc1c(F)c(Sc2c(F)c(F)c(-c3ccc(S)cc3)c3c(F)c(F)c(F)c(F)c23)c(F)c(F)c1OC(F)(F)F. The fourth-order valence-corrected chi connectivity index (χ4v) is 4.68. The molecule has 0 N–H and O–H groups in total. The number of hydrogen-bond donors (Lipinski definition) is 1. The highest BCUT2D eigenvalue weighted by molar-refractivity contribution is 7.99. The van der Waals surface area contributed by atoms with E-state index in [2.05, 4.69) is 17.4 Å². The third-order valence-electron chi connectivity index (χ3n) is 5.12. The van der Waals surface area contributed by atoms with Crippen molar-refractivity contribution in [2.75, 3.05) is 0 Å². The van der Waals surface area contributed by atoms with Gasteiger partial charge >= 0.3 is 6.36 Å². The molecule has 1 nitrogen and oxygen atoms in total. The van der Waals surface area contributed by atoms with E-state index < -0.39 is 114 Å². The number of rotatable bonds is 4. The molecule has 39 heavy (non-hydrogen) atoms. The molecule has 0 aromatic heterocycles. The molecule has 0 amide bonds. The van der Waals surface area contributed by atoms with Gasteiger partial charge in [-0.1, -0.05) is 23.9 Å². The van der Waals surface area contributed by atoms with Gasteiger partial charge in [0, 0.05) is 21.2 Å². The Morgan fingerprint density at radius 3 is 1.49 bits per heavy atom. The highest BCUT2D eigenvalue weighted by Crippen LogP contribution is 2.48. The zero-order valence-electron chi connectivity index (χ0n) is 18.0. The molecular formula is C23H5F13OS2. The van der Waals surface area contributed by atoms with Crippen LogP contribution in [0.2, 0.25) is 0 Å². The number of alkyl halides is 3. The van der Waals surface area contributed by atoms with Crippen molar-refractivity contribution in [3.8, 4) is 16.9 Å². The predicted molar refractivity (Wildman–Crippen MR) is 113 cm³/mol. The number of halogens is 13. The quantitative estimate of drug-likeness (QED) is 0.107. The summed E-state index contributed by atoms with van der Waals surface area (Å²) in [6, 6.07) is 4.32. The number of ether oxygens (including phenoxy) is 1. The molecule has 4 aromatic rings. The normalized spacial score (nSPS) is 11.9. The molecule has 0 radical (unpaired) electrons. The molecule has 0 heterocycles. The van der Waals surface area contributed by atoms with E-state index >= 15 is 8.78 Å². The van der Waals surface area contributed by atoms with Gasteiger partial charge in [0.2, 0.25) is 17.4 Å². The van der Waals surface area contributed by atoms with E-state index in [0.29, 0.717) is 0 Å². The van der Waals surface area contributed by atoms with E-state index in [-0.39, 0.29) is 4.90 Å². The molecule has 4 aromatic carbocycles. The minimum absolute atomic E-state index is 0.243. The average Bonchev–Trinajstić information content (AvgIpc) is 2.87. The second-order valence-corrected chi connectivity index (χ2v) is 8.99. The van der Waals surface area contributed by atoms with Crippen LogP contribution in [0.25, 0.3) is 21.9 Å². The van der Waals surface area contributed by atoms with Crippen LogP contribution in [0.5, 0.6) is 5.75 Å². The smallest absolute Gasteiger partial charge is 0.399 e. The summed E-state index contributed by atoms with van der Waals surface area (Å²) in [6.07, 6.45) is -5.83. The summed E-state index contributed by atoms with van der Waals surface area (Å²) < 4.78 is 186. The van der Waals surface area contributed by atoms with Gasteiger partial charge in [0.1, 0.15) is 0 Å². The standard InChI is InChI=1S/C23H5F13OS2/c24-10-7(5-1-3-6(38)4-2-5)8-9(12(26)14(28)13(27)11(8)25)21(17(10)31)39-22-18(32)15(29)20(16(30)19(22)33)37-23(34,35)36/h1-4,38H. The van der Waals surface area contributed by atoms with Crippen molar-refractivity contribution in [2.45, 2.75) is 21.0 Å². The third kappa shape index (κ3) is 4.83. The first kappa shape index (κ1) is 28.7. The molecule has 16 heteroatoms. The predicted octanol–water partition coefficient (Wildman–Crippen LogP) is 9.24. The number of benzene rings is 4. The van der Waals surface area contributed by atoms with Gasteiger partial charge in [-0.25, -0.2) is 35.1 Å². The lowest BCUT2D eigenvalue weighted by Gasteiger charge is -2.18. The first-order valence-corrected chi connectivity index (χ1v) is 11.1. The van der Waals surface area contributed by atoms with Crippen molar-refractivity contribution in [3.05, 3.63) is 82.4 Å². The zero-order valence-corrected chi connectivity index (χ0v) is 19.7. The van der Waals surface area contributed by atoms with Crippen LogP contribution in [0.4, 0.5) is 57.1 Å². The largest absolute Gasteiger partial charge is 0.573 e. The van der Waals surface area contributed by atoms with Crippen LogP contribution in [-0.4, -0.2) is 6.36 Å². The molecule has 0 unspecified atom stereocenters. The summed E-state index contributed by atoms with van der Waals surface area (Å²) in [5.74, 6) is -27.6. The Bertz CT molecular complexity index is 1620. The summed E-state index contributed by atoms with van der Waals surface area (Å²) in [5, 5.41) is -3.12. The van der Waals surface area contributed by atoms with Gasteiger partial charge in [0.05, 0.1) is 9.79 Å². The lowest BCUT2D eigenvalue weighted by Crippen LogP contribution is -2.20. The van der Waals surface area contributed by atoms with Gasteiger partial charge in [-0.05, 0) is 17.7 Å². The molecule has 206 valence electrons. The van der Waals surface area contributed by atoms with Crippen LogP contribution < -0.4 is 4.74 Å². The fourth-order valence-electron chi connectivity index (χ4n) is 3.49.